The van der Waals surface area contributed by atoms with Gasteiger partial charge in [-0.1, -0.05) is 19.4 Å². The summed E-state index contributed by atoms with van der Waals surface area (Å²) >= 11 is 1.78. The number of hydrogen-bond acceptors (Lipinski definition) is 4. The second kappa shape index (κ2) is 5.65. The first-order chi connectivity index (χ1) is 8.27. The van der Waals surface area contributed by atoms with Crippen LogP contribution in [0.1, 0.15) is 37.1 Å². The molecule has 0 spiro atoms. The molecule has 0 radical (unpaired) electrons. The summed E-state index contributed by atoms with van der Waals surface area (Å²) in [5.74, 6) is -0.0890. The average molecular weight is 253 g/mol. The van der Waals surface area contributed by atoms with Crippen LogP contribution in [0, 0.1) is 0 Å². The van der Waals surface area contributed by atoms with Gasteiger partial charge in [0.25, 0.3) is 0 Å². The summed E-state index contributed by atoms with van der Waals surface area (Å²) in [4.78, 5) is 15.3. The third-order valence-corrected chi connectivity index (χ3v) is 4.34. The number of methoxy groups -OCH3 is 1. The molecule has 1 aliphatic heterocycles. The minimum atomic E-state index is -0.0890. The van der Waals surface area contributed by atoms with Crippen LogP contribution in [0.15, 0.2) is 17.5 Å². The second-order valence-electron chi connectivity index (χ2n) is 4.39. The van der Waals surface area contributed by atoms with E-state index in [-0.39, 0.29) is 12.0 Å². The molecule has 2 rings (SSSR count). The highest BCUT2D eigenvalue weighted by atomic mass is 32.1. The van der Waals surface area contributed by atoms with Gasteiger partial charge in [0.2, 0.25) is 0 Å². The Balaban J connectivity index is 2.09. The minimum Gasteiger partial charge on any atom is -0.468 e. The van der Waals surface area contributed by atoms with E-state index in [4.69, 9.17) is 4.74 Å². The molecule has 17 heavy (non-hydrogen) atoms. The standard InChI is InChI=1S/C13H19NO2S/c1-3-5-10(12-6-4-9-17-12)14-8-7-11(14)13(15)16-2/h4,6,9-11H,3,5,7-8H2,1-2H3. The number of carbonyl (C=O) groups excluding carboxylic acids is 1. The lowest BCUT2D eigenvalue weighted by atomic mass is 9.96. The molecular weight excluding hydrogens is 234 g/mol. The number of likely N-dealkylation sites (tertiary alicyclic amines) is 1. The van der Waals surface area contributed by atoms with Crippen molar-refractivity contribution in [1.29, 1.82) is 0 Å². The van der Waals surface area contributed by atoms with Gasteiger partial charge in [0.05, 0.1) is 7.11 Å². The van der Waals surface area contributed by atoms with Crippen molar-refractivity contribution in [2.24, 2.45) is 0 Å². The maximum absolute atomic E-state index is 11.6. The molecule has 0 N–H and O–H groups in total. The number of thiophene rings is 1. The highest BCUT2D eigenvalue weighted by Gasteiger charge is 2.39. The van der Waals surface area contributed by atoms with Crippen LogP contribution in [-0.2, 0) is 9.53 Å². The Hall–Kier alpha value is -0.870. The Morgan fingerprint density at radius 3 is 3.00 bits per heavy atom. The predicted octanol–water partition coefficient (Wildman–Crippen LogP) is 2.84. The second-order valence-corrected chi connectivity index (χ2v) is 5.36. The van der Waals surface area contributed by atoms with Gasteiger partial charge in [-0.25, -0.2) is 0 Å². The van der Waals surface area contributed by atoms with E-state index in [1.807, 2.05) is 0 Å². The van der Waals surface area contributed by atoms with Crippen LogP contribution in [0.2, 0.25) is 0 Å². The fraction of sp³-hybridized carbons (Fsp3) is 0.615. The Labute approximate surface area is 106 Å². The van der Waals surface area contributed by atoms with Gasteiger partial charge in [0, 0.05) is 17.5 Å². The van der Waals surface area contributed by atoms with Crippen molar-refractivity contribution < 1.29 is 9.53 Å². The largest absolute Gasteiger partial charge is 0.468 e. The molecule has 2 heterocycles. The quantitative estimate of drug-likeness (QED) is 0.756. The van der Waals surface area contributed by atoms with Crippen molar-refractivity contribution >= 4 is 17.3 Å². The van der Waals surface area contributed by atoms with Crippen molar-refractivity contribution in [3.63, 3.8) is 0 Å². The number of nitrogens with zero attached hydrogens (tertiary/aromatic N) is 1. The number of hydrogen-bond donors (Lipinski definition) is 0. The summed E-state index contributed by atoms with van der Waals surface area (Å²) in [6.07, 6.45) is 3.17. The zero-order valence-corrected chi connectivity index (χ0v) is 11.2. The molecule has 94 valence electrons. The molecule has 1 aliphatic rings. The first-order valence-electron chi connectivity index (χ1n) is 6.15. The van der Waals surface area contributed by atoms with E-state index in [9.17, 15) is 4.79 Å². The fourth-order valence-electron chi connectivity index (χ4n) is 2.40. The van der Waals surface area contributed by atoms with Crippen LogP contribution < -0.4 is 0 Å². The van der Waals surface area contributed by atoms with E-state index in [1.54, 1.807) is 11.3 Å². The van der Waals surface area contributed by atoms with Gasteiger partial charge in [-0.05, 0) is 24.3 Å². The smallest absolute Gasteiger partial charge is 0.323 e. The molecule has 0 bridgehead atoms. The molecule has 1 aromatic rings. The first kappa shape index (κ1) is 12.6. The molecule has 0 aromatic carbocycles. The third kappa shape index (κ3) is 2.53. The van der Waals surface area contributed by atoms with Crippen molar-refractivity contribution in [3.05, 3.63) is 22.4 Å². The molecule has 1 fully saturated rings. The molecule has 1 saturated heterocycles. The Morgan fingerprint density at radius 1 is 1.71 bits per heavy atom. The highest BCUT2D eigenvalue weighted by molar-refractivity contribution is 7.10. The van der Waals surface area contributed by atoms with Gasteiger partial charge < -0.3 is 4.74 Å². The Morgan fingerprint density at radius 2 is 2.53 bits per heavy atom. The van der Waals surface area contributed by atoms with Gasteiger partial charge in [-0.2, -0.15) is 0 Å². The predicted molar refractivity (Wildman–Crippen MR) is 69.1 cm³/mol. The number of rotatable bonds is 5. The Kier molecular flexibility index (Phi) is 4.18. The van der Waals surface area contributed by atoms with Crippen molar-refractivity contribution in [2.75, 3.05) is 13.7 Å². The zero-order chi connectivity index (χ0) is 12.3. The van der Waals surface area contributed by atoms with Gasteiger partial charge >= 0.3 is 5.97 Å². The number of esters is 1. The van der Waals surface area contributed by atoms with E-state index >= 15 is 0 Å². The summed E-state index contributed by atoms with van der Waals surface area (Å²) < 4.78 is 4.85. The van der Waals surface area contributed by atoms with Crippen molar-refractivity contribution in [3.8, 4) is 0 Å². The SMILES string of the molecule is CCCC(c1cccs1)N1CCC1C(=O)OC. The van der Waals surface area contributed by atoms with Crippen LogP contribution in [0.5, 0.6) is 0 Å². The summed E-state index contributed by atoms with van der Waals surface area (Å²) in [5, 5.41) is 2.10. The third-order valence-electron chi connectivity index (χ3n) is 3.37. The van der Waals surface area contributed by atoms with E-state index in [0.29, 0.717) is 6.04 Å². The molecule has 2 unspecified atom stereocenters. The summed E-state index contributed by atoms with van der Waals surface area (Å²) in [5.41, 5.74) is 0. The van der Waals surface area contributed by atoms with Gasteiger partial charge in [-0.3, -0.25) is 9.69 Å². The van der Waals surface area contributed by atoms with Gasteiger partial charge in [0.1, 0.15) is 6.04 Å². The normalized spacial score (nSPS) is 21.9. The fourth-order valence-corrected chi connectivity index (χ4v) is 3.28. The van der Waals surface area contributed by atoms with E-state index in [0.717, 1.165) is 25.8 Å². The topological polar surface area (TPSA) is 29.5 Å². The maximum atomic E-state index is 11.6. The van der Waals surface area contributed by atoms with Crippen LogP contribution in [0.4, 0.5) is 0 Å². The molecule has 0 aliphatic carbocycles. The van der Waals surface area contributed by atoms with Crippen LogP contribution >= 0.6 is 11.3 Å². The summed E-state index contributed by atoms with van der Waals surface area (Å²) in [6.45, 7) is 3.19. The molecule has 2 atom stereocenters. The van der Waals surface area contributed by atoms with E-state index < -0.39 is 0 Å². The van der Waals surface area contributed by atoms with Crippen molar-refractivity contribution in [2.45, 2.75) is 38.3 Å². The lowest BCUT2D eigenvalue weighted by molar-refractivity contribution is -0.154. The van der Waals surface area contributed by atoms with E-state index in [2.05, 4.69) is 29.3 Å². The first-order valence-corrected chi connectivity index (χ1v) is 7.02. The van der Waals surface area contributed by atoms with Gasteiger partial charge in [-0.15, -0.1) is 11.3 Å². The molecule has 0 saturated carbocycles. The lowest BCUT2D eigenvalue weighted by Gasteiger charge is -2.44. The van der Waals surface area contributed by atoms with Crippen LogP contribution in [-0.4, -0.2) is 30.6 Å². The molecule has 0 amide bonds. The molecule has 3 nitrogen and oxygen atoms in total. The lowest BCUT2D eigenvalue weighted by Crippen LogP contribution is -2.54. The summed E-state index contributed by atoms with van der Waals surface area (Å²) in [7, 11) is 1.47. The van der Waals surface area contributed by atoms with Crippen LogP contribution in [0.3, 0.4) is 0 Å². The van der Waals surface area contributed by atoms with E-state index in [1.165, 1.54) is 12.0 Å². The molecule has 4 heteroatoms. The zero-order valence-electron chi connectivity index (χ0n) is 10.4. The van der Waals surface area contributed by atoms with Crippen LogP contribution in [0.25, 0.3) is 0 Å². The number of ether oxygens (including phenoxy) is 1. The average Bonchev–Trinajstić information content (AvgIpc) is 2.80. The monoisotopic (exact) mass is 253 g/mol. The summed E-state index contributed by atoms with van der Waals surface area (Å²) in [6, 6.07) is 4.60. The Bertz CT molecular complexity index is 364. The maximum Gasteiger partial charge on any atom is 0.323 e. The molecular formula is C13H19NO2S. The highest BCUT2D eigenvalue weighted by Crippen LogP contribution is 2.36. The van der Waals surface area contributed by atoms with Gasteiger partial charge in [0.15, 0.2) is 0 Å². The number of carbonyl (C=O) groups is 1. The van der Waals surface area contributed by atoms with Crippen molar-refractivity contribution in [1.82, 2.24) is 4.90 Å². The minimum absolute atomic E-state index is 0.0290. The molecule has 1 aromatic heterocycles.